The third kappa shape index (κ3) is 3.06. The maximum Gasteiger partial charge on any atom is 0.203 e. The lowest BCUT2D eigenvalue weighted by Crippen LogP contribution is -1.83. The summed E-state index contributed by atoms with van der Waals surface area (Å²) >= 11 is 0. The number of aromatic nitrogens is 2. The van der Waals surface area contributed by atoms with Gasteiger partial charge in [0.25, 0.3) is 0 Å². The predicted molar refractivity (Wildman–Crippen MR) is 68.4 cm³/mol. The number of unbranched alkanes of at least 4 members (excludes halogenated alkanes) is 2. The van der Waals surface area contributed by atoms with E-state index in [1.165, 1.54) is 12.8 Å². The topological polar surface area (TPSA) is 50.5 Å². The Morgan fingerprint density at radius 2 is 2.06 bits per heavy atom. The molecule has 0 spiro atoms. The van der Waals surface area contributed by atoms with E-state index in [2.05, 4.69) is 27.3 Å². The quantitative estimate of drug-likeness (QED) is 0.575. The van der Waals surface area contributed by atoms with Crippen LogP contribution in [-0.4, -0.2) is 16.7 Å². The van der Waals surface area contributed by atoms with Crippen LogP contribution in [0.5, 0.6) is 0 Å². The van der Waals surface area contributed by atoms with Gasteiger partial charge in [0.05, 0.1) is 12.7 Å². The summed E-state index contributed by atoms with van der Waals surface area (Å²) < 4.78 is 0. The van der Waals surface area contributed by atoms with Gasteiger partial charge in [0.15, 0.2) is 0 Å². The van der Waals surface area contributed by atoms with E-state index >= 15 is 0 Å². The normalized spacial score (nSPS) is 11.4. The smallest absolute Gasteiger partial charge is 0.187 e. The molecule has 1 aromatic heterocycles. The van der Waals surface area contributed by atoms with Crippen LogP contribution in [0.1, 0.15) is 26.2 Å². The van der Waals surface area contributed by atoms with E-state index < -0.39 is 0 Å². The highest BCUT2D eigenvalue weighted by Gasteiger charge is 2.00. The van der Waals surface area contributed by atoms with Crippen molar-refractivity contribution in [2.45, 2.75) is 26.2 Å². The van der Waals surface area contributed by atoms with Gasteiger partial charge in [0, 0.05) is 10.8 Å². The van der Waals surface area contributed by atoms with E-state index in [-0.39, 0.29) is 0 Å². The van der Waals surface area contributed by atoms with Crippen LogP contribution in [0.4, 0.5) is 5.82 Å². The summed E-state index contributed by atoms with van der Waals surface area (Å²) in [7, 11) is 0. The molecule has 1 aromatic carbocycles. The summed E-state index contributed by atoms with van der Waals surface area (Å²) in [4.78, 5) is 0. The molecule has 2 aromatic rings. The summed E-state index contributed by atoms with van der Waals surface area (Å²) in [6, 6.07) is 7.94. The first-order valence-corrected chi connectivity index (χ1v) is 5.99. The predicted octanol–water partition coefficient (Wildman–Crippen LogP) is 3.90. The molecular formula is C13H16N4. The average molecular weight is 228 g/mol. The second-order valence-electron chi connectivity index (χ2n) is 3.93. The molecule has 0 saturated carbocycles. The maximum absolute atomic E-state index is 4.16. The molecule has 0 aliphatic carbocycles. The Kier molecular flexibility index (Phi) is 4.13. The van der Waals surface area contributed by atoms with Crippen LogP contribution in [0.25, 0.3) is 10.8 Å². The zero-order valence-electron chi connectivity index (χ0n) is 10.0. The molecule has 0 unspecified atom stereocenters. The first kappa shape index (κ1) is 11.6. The molecule has 2 rings (SSSR count). The Hall–Kier alpha value is -1.84. The zero-order chi connectivity index (χ0) is 11.9. The summed E-state index contributed by atoms with van der Waals surface area (Å²) in [5.41, 5.74) is 0. The highest BCUT2D eigenvalue weighted by Crippen LogP contribution is 2.21. The molecule has 88 valence electrons. The molecule has 1 heterocycles. The van der Waals surface area contributed by atoms with E-state index in [1.54, 1.807) is 6.20 Å². The first-order valence-electron chi connectivity index (χ1n) is 5.99. The van der Waals surface area contributed by atoms with Crippen molar-refractivity contribution >= 4 is 16.6 Å². The molecule has 0 saturated heterocycles. The van der Waals surface area contributed by atoms with E-state index in [0.717, 1.165) is 23.7 Å². The van der Waals surface area contributed by atoms with E-state index in [0.29, 0.717) is 5.82 Å². The van der Waals surface area contributed by atoms with Crippen LogP contribution in [0.2, 0.25) is 0 Å². The van der Waals surface area contributed by atoms with E-state index in [1.807, 2.05) is 24.3 Å². The summed E-state index contributed by atoms with van der Waals surface area (Å²) in [6.45, 7) is 2.94. The third-order valence-corrected chi connectivity index (χ3v) is 2.58. The second kappa shape index (κ2) is 6.03. The Balaban J connectivity index is 2.13. The monoisotopic (exact) mass is 228 g/mol. The van der Waals surface area contributed by atoms with Gasteiger partial charge >= 0.3 is 0 Å². The number of benzene rings is 1. The Morgan fingerprint density at radius 3 is 2.94 bits per heavy atom. The minimum Gasteiger partial charge on any atom is -0.187 e. The lowest BCUT2D eigenvalue weighted by Gasteiger charge is -1.98. The number of azo groups is 1. The largest absolute Gasteiger partial charge is 0.203 e. The first-order chi connectivity index (χ1) is 8.42. The molecule has 4 heteroatoms. The van der Waals surface area contributed by atoms with Crippen molar-refractivity contribution in [2.24, 2.45) is 10.2 Å². The Morgan fingerprint density at radius 1 is 1.18 bits per heavy atom. The van der Waals surface area contributed by atoms with Gasteiger partial charge in [-0.2, -0.15) is 10.2 Å². The number of hydrogen-bond donors (Lipinski definition) is 0. The van der Waals surface area contributed by atoms with Crippen LogP contribution in [0, 0.1) is 0 Å². The fourth-order valence-electron chi connectivity index (χ4n) is 1.64. The fraction of sp³-hybridized carbons (Fsp3) is 0.385. The van der Waals surface area contributed by atoms with E-state index in [4.69, 9.17) is 0 Å². The Bertz CT molecular complexity index is 502. The van der Waals surface area contributed by atoms with Gasteiger partial charge in [-0.15, -0.1) is 10.2 Å². The average Bonchev–Trinajstić information content (AvgIpc) is 2.39. The van der Waals surface area contributed by atoms with Crippen LogP contribution in [0.3, 0.4) is 0 Å². The van der Waals surface area contributed by atoms with Crippen LogP contribution >= 0.6 is 0 Å². The molecule has 0 fully saturated rings. The van der Waals surface area contributed by atoms with Crippen molar-refractivity contribution in [3.05, 3.63) is 30.5 Å². The van der Waals surface area contributed by atoms with Gasteiger partial charge in [-0.3, -0.25) is 0 Å². The molecule has 17 heavy (non-hydrogen) atoms. The number of hydrogen-bond acceptors (Lipinski definition) is 4. The van der Waals surface area contributed by atoms with Crippen molar-refractivity contribution in [2.75, 3.05) is 6.54 Å². The molecule has 0 bridgehead atoms. The van der Waals surface area contributed by atoms with Gasteiger partial charge in [-0.1, -0.05) is 44.0 Å². The molecule has 4 nitrogen and oxygen atoms in total. The number of nitrogens with zero attached hydrogens (tertiary/aromatic N) is 4. The standard InChI is InChI=1S/C13H16N4/c1-2-3-6-9-14-16-13-12-8-5-4-7-11(12)10-15-17-13/h4-5,7-8,10H,2-3,6,9H2,1H3. The minimum atomic E-state index is 0.611. The lowest BCUT2D eigenvalue weighted by atomic mass is 10.2. The molecule has 0 aliphatic rings. The van der Waals surface area contributed by atoms with Crippen molar-refractivity contribution in [3.8, 4) is 0 Å². The van der Waals surface area contributed by atoms with E-state index in [9.17, 15) is 0 Å². The second-order valence-corrected chi connectivity index (χ2v) is 3.93. The van der Waals surface area contributed by atoms with Crippen LogP contribution in [0.15, 0.2) is 40.7 Å². The highest BCUT2D eigenvalue weighted by molar-refractivity contribution is 5.89. The minimum absolute atomic E-state index is 0.611. The Labute approximate surface area is 101 Å². The van der Waals surface area contributed by atoms with Crippen molar-refractivity contribution < 1.29 is 0 Å². The van der Waals surface area contributed by atoms with Gasteiger partial charge in [-0.25, -0.2) is 0 Å². The zero-order valence-corrected chi connectivity index (χ0v) is 10.0. The van der Waals surface area contributed by atoms with Crippen molar-refractivity contribution in [3.63, 3.8) is 0 Å². The molecule has 0 amide bonds. The summed E-state index contributed by atoms with van der Waals surface area (Å²) in [5, 5.41) is 18.3. The molecular weight excluding hydrogens is 212 g/mol. The third-order valence-electron chi connectivity index (χ3n) is 2.58. The lowest BCUT2D eigenvalue weighted by molar-refractivity contribution is 0.712. The number of rotatable bonds is 5. The fourth-order valence-corrected chi connectivity index (χ4v) is 1.64. The van der Waals surface area contributed by atoms with Crippen LogP contribution < -0.4 is 0 Å². The molecule has 0 N–H and O–H groups in total. The SMILES string of the molecule is CCCCCN=Nc1nncc2ccccc12. The van der Waals surface area contributed by atoms with Crippen LogP contribution in [-0.2, 0) is 0 Å². The summed E-state index contributed by atoms with van der Waals surface area (Å²) in [6.07, 6.45) is 5.22. The summed E-state index contributed by atoms with van der Waals surface area (Å²) in [5.74, 6) is 0.611. The highest BCUT2D eigenvalue weighted by atomic mass is 15.2. The maximum atomic E-state index is 4.16. The molecule has 0 aliphatic heterocycles. The van der Waals surface area contributed by atoms with Gasteiger partial charge in [0.2, 0.25) is 5.82 Å². The van der Waals surface area contributed by atoms with Crippen molar-refractivity contribution in [1.82, 2.24) is 10.2 Å². The van der Waals surface area contributed by atoms with Crippen molar-refractivity contribution in [1.29, 1.82) is 0 Å². The van der Waals surface area contributed by atoms with Gasteiger partial charge in [0.1, 0.15) is 0 Å². The molecule has 0 radical (unpaired) electrons. The van der Waals surface area contributed by atoms with Gasteiger partial charge in [-0.05, 0) is 6.42 Å². The molecule has 0 atom stereocenters. The van der Waals surface area contributed by atoms with Gasteiger partial charge < -0.3 is 0 Å². The number of fused-ring (bicyclic) bond motifs is 1.